The number of benzene rings is 1. The van der Waals surface area contributed by atoms with Crippen molar-refractivity contribution in [2.75, 3.05) is 13.6 Å². The number of nitrogens with zero attached hydrogens (tertiary/aromatic N) is 1. The van der Waals surface area contributed by atoms with E-state index in [2.05, 4.69) is 5.32 Å². The molecule has 0 radical (unpaired) electrons. The molecule has 0 aliphatic heterocycles. The lowest BCUT2D eigenvalue weighted by molar-refractivity contribution is -0.137. The lowest BCUT2D eigenvalue weighted by Gasteiger charge is -2.32. The van der Waals surface area contributed by atoms with Crippen molar-refractivity contribution in [3.8, 4) is 0 Å². The second kappa shape index (κ2) is 10.3. The second-order valence-corrected chi connectivity index (χ2v) is 7.76. The van der Waals surface area contributed by atoms with Crippen LogP contribution in [0.15, 0.2) is 30.3 Å². The van der Waals surface area contributed by atoms with Gasteiger partial charge in [-0.3, -0.25) is 4.79 Å². The van der Waals surface area contributed by atoms with E-state index < -0.39 is 11.6 Å². The van der Waals surface area contributed by atoms with Gasteiger partial charge in [-0.1, -0.05) is 56.0 Å². The molecular weight excluding hydrogens is 344 g/mol. The smallest absolute Gasteiger partial charge is 0.317 e. The summed E-state index contributed by atoms with van der Waals surface area (Å²) in [5.41, 5.74) is 0.233. The van der Waals surface area contributed by atoms with Crippen LogP contribution in [0.5, 0.6) is 0 Å². The predicted octanol–water partition coefficient (Wildman–Crippen LogP) is 3.19. The fourth-order valence-corrected chi connectivity index (χ4v) is 3.76. The first-order valence-corrected chi connectivity index (χ1v) is 9.88. The second-order valence-electron chi connectivity index (χ2n) is 7.76. The summed E-state index contributed by atoms with van der Waals surface area (Å²) in [5, 5.41) is 22.8. The van der Waals surface area contributed by atoms with Crippen molar-refractivity contribution in [3.63, 3.8) is 0 Å². The number of hydrogen-bond donors (Lipinski definition) is 3. The number of nitrogens with one attached hydrogen (secondary N) is 1. The summed E-state index contributed by atoms with van der Waals surface area (Å²) >= 11 is 0. The van der Waals surface area contributed by atoms with Crippen molar-refractivity contribution < 1.29 is 19.8 Å². The van der Waals surface area contributed by atoms with Crippen molar-refractivity contribution in [2.24, 2.45) is 0 Å². The molecule has 1 fully saturated rings. The molecule has 6 nitrogen and oxygen atoms in total. The number of aliphatic carboxylic acids is 1. The van der Waals surface area contributed by atoms with Gasteiger partial charge in [-0.2, -0.15) is 0 Å². The Morgan fingerprint density at radius 2 is 1.78 bits per heavy atom. The van der Waals surface area contributed by atoms with Gasteiger partial charge in [-0.15, -0.1) is 0 Å². The normalized spacial score (nSPS) is 17.6. The van der Waals surface area contributed by atoms with Crippen LogP contribution < -0.4 is 5.32 Å². The number of carboxylic acid groups (broad SMARTS) is 1. The SMILES string of the molecule is CN(CC1(O)CCCCCC1)C(=O)NC(CCC(=O)O)Cc1ccccc1. The summed E-state index contributed by atoms with van der Waals surface area (Å²) in [4.78, 5) is 25.1. The molecule has 6 heteroatoms. The Balaban J connectivity index is 1.94. The molecule has 0 aromatic heterocycles. The summed E-state index contributed by atoms with van der Waals surface area (Å²) in [6, 6.07) is 9.20. The fraction of sp³-hybridized carbons (Fsp3) is 0.619. The van der Waals surface area contributed by atoms with Crippen LogP contribution in [-0.4, -0.2) is 52.3 Å². The van der Waals surface area contributed by atoms with E-state index in [0.717, 1.165) is 44.1 Å². The van der Waals surface area contributed by atoms with Crippen molar-refractivity contribution in [3.05, 3.63) is 35.9 Å². The van der Waals surface area contributed by atoms with Crippen LogP contribution in [0, 0.1) is 0 Å². The van der Waals surface area contributed by atoms with Crippen molar-refractivity contribution in [1.29, 1.82) is 0 Å². The van der Waals surface area contributed by atoms with Crippen LogP contribution >= 0.6 is 0 Å². The summed E-state index contributed by atoms with van der Waals surface area (Å²) in [5.74, 6) is -0.872. The lowest BCUT2D eigenvalue weighted by Crippen LogP contribution is -2.50. The van der Waals surface area contributed by atoms with E-state index in [1.54, 1.807) is 7.05 Å². The molecule has 0 bridgehead atoms. The maximum Gasteiger partial charge on any atom is 0.317 e. The molecule has 2 rings (SSSR count). The van der Waals surface area contributed by atoms with E-state index in [9.17, 15) is 14.7 Å². The number of hydrogen-bond acceptors (Lipinski definition) is 3. The summed E-state index contributed by atoms with van der Waals surface area (Å²) in [7, 11) is 1.69. The van der Waals surface area contributed by atoms with Gasteiger partial charge < -0.3 is 20.4 Å². The van der Waals surface area contributed by atoms with Gasteiger partial charge in [0, 0.05) is 19.5 Å². The summed E-state index contributed by atoms with van der Waals surface area (Å²) in [6.45, 7) is 0.301. The Hall–Kier alpha value is -2.08. The number of aliphatic hydroxyl groups is 1. The largest absolute Gasteiger partial charge is 0.481 e. The maximum atomic E-state index is 12.6. The van der Waals surface area contributed by atoms with Crippen LogP contribution in [-0.2, 0) is 11.2 Å². The van der Waals surface area contributed by atoms with Gasteiger partial charge in [0.1, 0.15) is 0 Å². The Bertz CT molecular complexity index is 597. The summed E-state index contributed by atoms with van der Waals surface area (Å²) < 4.78 is 0. The molecule has 0 heterocycles. The van der Waals surface area contributed by atoms with Crippen molar-refractivity contribution in [1.82, 2.24) is 10.2 Å². The van der Waals surface area contributed by atoms with Crippen LogP contribution in [0.25, 0.3) is 0 Å². The number of likely N-dealkylation sites (N-methyl/N-ethyl adjacent to an activating group) is 1. The Morgan fingerprint density at radius 1 is 1.15 bits per heavy atom. The zero-order valence-corrected chi connectivity index (χ0v) is 16.2. The molecule has 1 aromatic rings. The molecule has 0 spiro atoms. The minimum Gasteiger partial charge on any atom is -0.481 e. The highest BCUT2D eigenvalue weighted by Crippen LogP contribution is 2.27. The number of urea groups is 1. The topological polar surface area (TPSA) is 89.9 Å². The molecule has 1 atom stereocenters. The molecule has 1 unspecified atom stereocenters. The number of rotatable bonds is 8. The first kappa shape index (κ1) is 21.2. The molecule has 1 aliphatic carbocycles. The third kappa shape index (κ3) is 7.59. The van der Waals surface area contributed by atoms with Crippen LogP contribution in [0.2, 0.25) is 0 Å². The van der Waals surface area contributed by atoms with Gasteiger partial charge in [0.25, 0.3) is 0 Å². The van der Waals surface area contributed by atoms with Gasteiger partial charge in [0.15, 0.2) is 0 Å². The molecule has 0 saturated heterocycles. The Kier molecular flexibility index (Phi) is 8.10. The van der Waals surface area contributed by atoms with Gasteiger partial charge >= 0.3 is 12.0 Å². The molecule has 2 amide bonds. The zero-order chi connectivity index (χ0) is 19.7. The van der Waals surface area contributed by atoms with Gasteiger partial charge in [0.2, 0.25) is 0 Å². The molecule has 3 N–H and O–H groups in total. The lowest BCUT2D eigenvalue weighted by atomic mass is 9.94. The maximum absolute atomic E-state index is 12.6. The molecule has 1 saturated carbocycles. The van der Waals surface area contributed by atoms with E-state index in [1.165, 1.54) is 4.90 Å². The molecule has 1 aromatic carbocycles. The molecular formula is C21H32N2O4. The first-order valence-electron chi connectivity index (χ1n) is 9.88. The first-order chi connectivity index (χ1) is 12.9. The zero-order valence-electron chi connectivity index (χ0n) is 16.2. The van der Waals surface area contributed by atoms with Crippen molar-refractivity contribution in [2.45, 2.75) is 69.4 Å². The highest BCUT2D eigenvalue weighted by molar-refractivity contribution is 5.74. The average Bonchev–Trinajstić information content (AvgIpc) is 2.84. The van der Waals surface area contributed by atoms with E-state index in [4.69, 9.17) is 5.11 Å². The highest BCUT2D eigenvalue weighted by atomic mass is 16.4. The number of amides is 2. The quantitative estimate of drug-likeness (QED) is 0.608. The van der Waals surface area contributed by atoms with Crippen LogP contribution in [0.3, 0.4) is 0 Å². The third-order valence-electron chi connectivity index (χ3n) is 5.27. The average molecular weight is 376 g/mol. The number of carbonyl (C=O) groups excluding carboxylic acids is 1. The third-order valence-corrected chi connectivity index (χ3v) is 5.27. The minimum absolute atomic E-state index is 0.00539. The predicted molar refractivity (Wildman–Crippen MR) is 105 cm³/mol. The Labute approximate surface area is 161 Å². The Morgan fingerprint density at radius 3 is 2.37 bits per heavy atom. The highest BCUT2D eigenvalue weighted by Gasteiger charge is 2.31. The molecule has 27 heavy (non-hydrogen) atoms. The van der Waals surface area contributed by atoms with E-state index in [0.29, 0.717) is 19.4 Å². The van der Waals surface area contributed by atoms with Gasteiger partial charge in [0.05, 0.1) is 12.1 Å². The van der Waals surface area contributed by atoms with E-state index >= 15 is 0 Å². The monoisotopic (exact) mass is 376 g/mol. The number of carbonyl (C=O) groups is 2. The van der Waals surface area contributed by atoms with E-state index in [-0.39, 0.29) is 18.5 Å². The van der Waals surface area contributed by atoms with Crippen LogP contribution in [0.1, 0.15) is 56.9 Å². The fourth-order valence-electron chi connectivity index (χ4n) is 3.76. The number of carboxylic acids is 1. The molecule has 150 valence electrons. The van der Waals surface area contributed by atoms with Crippen LogP contribution in [0.4, 0.5) is 4.79 Å². The minimum atomic E-state index is -0.872. The van der Waals surface area contributed by atoms with E-state index in [1.807, 2.05) is 30.3 Å². The standard InChI is InChI=1S/C21H32N2O4/c1-23(16-21(27)13-7-2-3-8-14-21)20(26)22-18(11-12-19(24)25)15-17-9-5-4-6-10-17/h4-6,9-10,18,27H,2-3,7-8,11-16H2,1H3,(H,22,26)(H,24,25). The van der Waals surface area contributed by atoms with Gasteiger partial charge in [-0.05, 0) is 31.2 Å². The summed E-state index contributed by atoms with van der Waals surface area (Å²) in [6.07, 6.45) is 6.63. The van der Waals surface area contributed by atoms with Gasteiger partial charge in [-0.25, -0.2) is 4.79 Å². The van der Waals surface area contributed by atoms with Crippen molar-refractivity contribution >= 4 is 12.0 Å². The molecule has 1 aliphatic rings.